The Morgan fingerprint density at radius 1 is 0.939 bits per heavy atom. The SMILES string of the molecule is CC(c1ccccc1)n1c(=O)c(C(=O)NCCc2ccccn2)nn(-c2ccccc2)c1=O. The van der Waals surface area contributed by atoms with Gasteiger partial charge in [0.1, 0.15) is 0 Å². The molecule has 8 nitrogen and oxygen atoms in total. The van der Waals surface area contributed by atoms with Gasteiger partial charge in [0.15, 0.2) is 0 Å². The topological polar surface area (TPSA) is 98.9 Å². The van der Waals surface area contributed by atoms with Crippen molar-refractivity contribution in [1.82, 2.24) is 24.6 Å². The predicted octanol–water partition coefficient (Wildman–Crippen LogP) is 2.37. The summed E-state index contributed by atoms with van der Waals surface area (Å²) in [6.07, 6.45) is 2.18. The first kappa shape index (κ1) is 21.9. The van der Waals surface area contributed by atoms with Crippen molar-refractivity contribution in [1.29, 1.82) is 0 Å². The molecule has 0 saturated carbocycles. The zero-order chi connectivity index (χ0) is 23.2. The van der Waals surface area contributed by atoms with Crippen molar-refractivity contribution in [3.8, 4) is 5.69 Å². The van der Waals surface area contributed by atoms with Crippen LogP contribution in [0.15, 0.2) is 94.6 Å². The number of pyridine rings is 1. The molecule has 1 amide bonds. The lowest BCUT2D eigenvalue weighted by Crippen LogP contribution is -2.47. The van der Waals surface area contributed by atoms with Gasteiger partial charge in [0.2, 0.25) is 5.69 Å². The fourth-order valence-electron chi connectivity index (χ4n) is 3.52. The smallest absolute Gasteiger partial charge is 0.350 e. The third-order valence-electron chi connectivity index (χ3n) is 5.29. The van der Waals surface area contributed by atoms with Crippen molar-refractivity contribution in [2.45, 2.75) is 19.4 Å². The maximum atomic E-state index is 13.3. The van der Waals surface area contributed by atoms with Gasteiger partial charge in [-0.05, 0) is 36.8 Å². The van der Waals surface area contributed by atoms with Gasteiger partial charge in [-0.25, -0.2) is 9.36 Å². The molecule has 4 rings (SSSR count). The molecule has 1 unspecified atom stereocenters. The normalized spacial score (nSPS) is 11.7. The number of carbonyl (C=O) groups is 1. The zero-order valence-corrected chi connectivity index (χ0v) is 18.1. The lowest BCUT2D eigenvalue weighted by Gasteiger charge is -2.17. The van der Waals surface area contributed by atoms with Crippen LogP contribution in [-0.2, 0) is 6.42 Å². The second kappa shape index (κ2) is 9.86. The van der Waals surface area contributed by atoms with Crippen molar-refractivity contribution in [2.75, 3.05) is 6.54 Å². The number of nitrogens with one attached hydrogen (secondary N) is 1. The molecular formula is C25H23N5O3. The van der Waals surface area contributed by atoms with Crippen molar-refractivity contribution < 1.29 is 4.79 Å². The van der Waals surface area contributed by atoms with E-state index >= 15 is 0 Å². The number of rotatable bonds is 7. The second-order valence-corrected chi connectivity index (χ2v) is 7.47. The minimum atomic E-state index is -0.737. The Morgan fingerprint density at radius 3 is 2.27 bits per heavy atom. The largest absolute Gasteiger partial charge is 0.352 e. The van der Waals surface area contributed by atoms with E-state index in [0.29, 0.717) is 12.1 Å². The van der Waals surface area contributed by atoms with Gasteiger partial charge in [-0.3, -0.25) is 14.6 Å². The average Bonchev–Trinajstić information content (AvgIpc) is 2.86. The van der Waals surface area contributed by atoms with E-state index in [0.717, 1.165) is 20.5 Å². The van der Waals surface area contributed by atoms with E-state index in [-0.39, 0.29) is 12.2 Å². The van der Waals surface area contributed by atoms with Crippen LogP contribution in [0.4, 0.5) is 0 Å². The van der Waals surface area contributed by atoms with Crippen LogP contribution in [0.5, 0.6) is 0 Å². The number of aromatic nitrogens is 4. The van der Waals surface area contributed by atoms with Crippen molar-refractivity contribution in [3.63, 3.8) is 0 Å². The van der Waals surface area contributed by atoms with Gasteiger partial charge in [0, 0.05) is 24.9 Å². The highest BCUT2D eigenvalue weighted by Crippen LogP contribution is 2.14. The fraction of sp³-hybridized carbons (Fsp3) is 0.160. The maximum absolute atomic E-state index is 13.3. The summed E-state index contributed by atoms with van der Waals surface area (Å²) in [5.41, 5.74) is 0.340. The molecule has 2 heterocycles. The Bertz CT molecular complexity index is 1350. The number of hydrogen-bond acceptors (Lipinski definition) is 5. The number of carbonyl (C=O) groups excluding carboxylic acids is 1. The van der Waals surface area contributed by atoms with E-state index in [1.807, 2.05) is 54.6 Å². The van der Waals surface area contributed by atoms with Gasteiger partial charge in [-0.15, -0.1) is 0 Å². The molecule has 1 atom stereocenters. The molecular weight excluding hydrogens is 418 g/mol. The number of hydrogen-bond donors (Lipinski definition) is 1. The van der Waals surface area contributed by atoms with Crippen LogP contribution >= 0.6 is 0 Å². The van der Waals surface area contributed by atoms with E-state index in [2.05, 4.69) is 15.4 Å². The summed E-state index contributed by atoms with van der Waals surface area (Å²) in [5.74, 6) is -0.644. The molecule has 1 N–H and O–H groups in total. The summed E-state index contributed by atoms with van der Waals surface area (Å²) < 4.78 is 2.16. The molecule has 0 spiro atoms. The van der Waals surface area contributed by atoms with Gasteiger partial charge in [-0.2, -0.15) is 9.78 Å². The van der Waals surface area contributed by atoms with Crippen LogP contribution in [0, 0.1) is 0 Å². The van der Waals surface area contributed by atoms with E-state index in [1.165, 1.54) is 0 Å². The third kappa shape index (κ3) is 4.79. The van der Waals surface area contributed by atoms with Gasteiger partial charge < -0.3 is 5.32 Å². The fourth-order valence-corrected chi connectivity index (χ4v) is 3.52. The highest BCUT2D eigenvalue weighted by Gasteiger charge is 2.23. The average molecular weight is 441 g/mol. The van der Waals surface area contributed by atoms with Crippen molar-refractivity contribution in [3.05, 3.63) is 123 Å². The molecule has 2 aromatic heterocycles. The van der Waals surface area contributed by atoms with Crippen LogP contribution in [-0.4, -0.2) is 31.8 Å². The molecule has 0 fully saturated rings. The van der Waals surface area contributed by atoms with E-state index in [4.69, 9.17) is 0 Å². The predicted molar refractivity (Wildman–Crippen MR) is 125 cm³/mol. The second-order valence-electron chi connectivity index (χ2n) is 7.47. The Balaban J connectivity index is 1.74. The van der Waals surface area contributed by atoms with E-state index < -0.39 is 23.2 Å². The quantitative estimate of drug-likeness (QED) is 0.475. The van der Waals surface area contributed by atoms with Crippen molar-refractivity contribution in [2.24, 2.45) is 0 Å². The van der Waals surface area contributed by atoms with Crippen LogP contribution in [0.2, 0.25) is 0 Å². The van der Waals surface area contributed by atoms with Crippen molar-refractivity contribution >= 4 is 5.91 Å². The summed E-state index contributed by atoms with van der Waals surface area (Å²) >= 11 is 0. The van der Waals surface area contributed by atoms with E-state index in [1.54, 1.807) is 37.4 Å². The number of para-hydroxylation sites is 1. The first-order chi connectivity index (χ1) is 16.1. The summed E-state index contributed by atoms with van der Waals surface area (Å²) in [4.78, 5) is 43.7. The molecule has 8 heteroatoms. The number of benzene rings is 2. The summed E-state index contributed by atoms with van der Waals surface area (Å²) in [6.45, 7) is 2.02. The van der Waals surface area contributed by atoms with Crippen LogP contribution < -0.4 is 16.6 Å². The Labute approximate surface area is 190 Å². The van der Waals surface area contributed by atoms with Crippen LogP contribution in [0.3, 0.4) is 0 Å². The molecule has 0 radical (unpaired) electrons. The lowest BCUT2D eigenvalue weighted by atomic mass is 10.1. The summed E-state index contributed by atoms with van der Waals surface area (Å²) in [7, 11) is 0. The minimum Gasteiger partial charge on any atom is -0.350 e. The van der Waals surface area contributed by atoms with Gasteiger partial charge in [-0.1, -0.05) is 54.6 Å². The first-order valence-electron chi connectivity index (χ1n) is 10.6. The molecule has 2 aromatic carbocycles. The zero-order valence-electron chi connectivity index (χ0n) is 18.1. The molecule has 33 heavy (non-hydrogen) atoms. The lowest BCUT2D eigenvalue weighted by molar-refractivity contribution is 0.0944. The number of nitrogens with zero attached hydrogens (tertiary/aromatic N) is 4. The van der Waals surface area contributed by atoms with Gasteiger partial charge in [0.25, 0.3) is 11.5 Å². The highest BCUT2D eigenvalue weighted by molar-refractivity contribution is 5.91. The Kier molecular flexibility index (Phi) is 6.54. The first-order valence-corrected chi connectivity index (χ1v) is 10.6. The molecule has 4 aromatic rings. The minimum absolute atomic E-state index is 0.273. The molecule has 0 aliphatic rings. The Hall–Kier alpha value is -4.33. The maximum Gasteiger partial charge on any atom is 0.352 e. The van der Waals surface area contributed by atoms with Gasteiger partial charge in [0.05, 0.1) is 11.7 Å². The molecule has 0 aliphatic heterocycles. The van der Waals surface area contributed by atoms with Gasteiger partial charge >= 0.3 is 5.69 Å². The molecule has 0 aliphatic carbocycles. The highest BCUT2D eigenvalue weighted by atomic mass is 16.2. The standard InChI is InChI=1S/C25H23N5O3/c1-18(19-10-4-2-5-11-19)29-24(32)22(23(31)27-17-15-20-12-8-9-16-26-20)28-30(25(29)33)21-13-6-3-7-14-21/h2-14,16,18H,15,17H2,1H3,(H,27,31). The Morgan fingerprint density at radius 2 is 1.61 bits per heavy atom. The number of amides is 1. The van der Waals surface area contributed by atoms with E-state index in [9.17, 15) is 14.4 Å². The van der Waals surface area contributed by atoms with Crippen LogP contribution in [0.1, 0.15) is 34.7 Å². The third-order valence-corrected chi connectivity index (χ3v) is 5.29. The molecule has 166 valence electrons. The summed E-state index contributed by atoms with van der Waals surface area (Å²) in [6, 6.07) is 22.8. The molecule has 0 saturated heterocycles. The van der Waals surface area contributed by atoms with Crippen LogP contribution in [0.25, 0.3) is 5.69 Å². The monoisotopic (exact) mass is 441 g/mol. The summed E-state index contributed by atoms with van der Waals surface area (Å²) in [5, 5.41) is 6.87. The molecule has 0 bridgehead atoms.